The van der Waals surface area contributed by atoms with Crippen molar-refractivity contribution in [3.63, 3.8) is 0 Å². The van der Waals surface area contributed by atoms with Gasteiger partial charge in [0.15, 0.2) is 0 Å². The van der Waals surface area contributed by atoms with Crippen molar-refractivity contribution in [3.05, 3.63) is 60.3 Å². The highest BCUT2D eigenvalue weighted by Crippen LogP contribution is 2.30. The zero-order valence-electron chi connectivity index (χ0n) is 14.8. The van der Waals surface area contributed by atoms with Crippen LogP contribution in [0, 0.1) is 12.8 Å². The smallest absolute Gasteiger partial charge is 0.264 e. The summed E-state index contributed by atoms with van der Waals surface area (Å²) in [6, 6.07) is 13.6. The largest absolute Gasteiger partial charge is 0.326 e. The van der Waals surface area contributed by atoms with E-state index in [1.165, 1.54) is 6.07 Å². The summed E-state index contributed by atoms with van der Waals surface area (Å²) in [6.45, 7) is 1.91. The number of anilines is 2. The number of nitrogens with zero attached hydrogens (tertiary/aromatic N) is 1. The maximum atomic E-state index is 12.8. The lowest BCUT2D eigenvalue weighted by Crippen LogP contribution is -2.15. The minimum Gasteiger partial charge on any atom is -0.326 e. The summed E-state index contributed by atoms with van der Waals surface area (Å²) < 4.78 is 28.3. The zero-order valence-corrected chi connectivity index (χ0v) is 15.6. The van der Waals surface area contributed by atoms with Crippen LogP contribution < -0.4 is 10.0 Å². The Hall–Kier alpha value is -2.93. The number of carbonyl (C=O) groups is 1. The monoisotopic (exact) mass is 381 g/mol. The van der Waals surface area contributed by atoms with Crippen LogP contribution in [-0.2, 0) is 14.8 Å². The highest BCUT2D eigenvalue weighted by atomic mass is 32.2. The summed E-state index contributed by atoms with van der Waals surface area (Å²) in [5.74, 6) is 0.131. The minimum atomic E-state index is -3.79. The average molecular weight is 381 g/mol. The van der Waals surface area contributed by atoms with Crippen LogP contribution in [0.15, 0.2) is 59.6 Å². The second-order valence-corrected chi connectivity index (χ2v) is 8.44. The molecule has 138 valence electrons. The van der Waals surface area contributed by atoms with Crippen LogP contribution in [0.2, 0.25) is 0 Å². The number of sulfonamides is 1. The van der Waals surface area contributed by atoms with Gasteiger partial charge >= 0.3 is 0 Å². The Morgan fingerprint density at radius 1 is 1.07 bits per heavy atom. The molecular weight excluding hydrogens is 362 g/mol. The molecule has 1 aliphatic rings. The predicted octanol–water partition coefficient (Wildman–Crippen LogP) is 3.69. The Balaban J connectivity index is 1.57. The molecule has 0 unspecified atom stereocenters. The van der Waals surface area contributed by atoms with Gasteiger partial charge in [-0.15, -0.1) is 0 Å². The number of para-hydroxylation sites is 1. The van der Waals surface area contributed by atoms with Crippen LogP contribution in [0.3, 0.4) is 0 Å². The van der Waals surface area contributed by atoms with Gasteiger partial charge in [-0.2, -0.15) is 0 Å². The topological polar surface area (TPSA) is 88.2 Å². The van der Waals surface area contributed by atoms with Gasteiger partial charge in [-0.25, -0.2) is 8.42 Å². The molecule has 1 saturated carbocycles. The molecule has 2 aromatic carbocycles. The van der Waals surface area contributed by atoms with Crippen molar-refractivity contribution in [1.29, 1.82) is 0 Å². The number of benzene rings is 2. The van der Waals surface area contributed by atoms with Gasteiger partial charge in [0.05, 0.1) is 5.52 Å². The van der Waals surface area contributed by atoms with Crippen molar-refractivity contribution < 1.29 is 13.2 Å². The molecule has 0 saturated heterocycles. The van der Waals surface area contributed by atoms with Crippen LogP contribution in [0.1, 0.15) is 18.4 Å². The van der Waals surface area contributed by atoms with Crippen molar-refractivity contribution in [2.75, 3.05) is 10.0 Å². The molecule has 4 rings (SSSR count). The van der Waals surface area contributed by atoms with Gasteiger partial charge in [-0.05, 0) is 61.7 Å². The molecule has 1 aromatic heterocycles. The number of carbonyl (C=O) groups excluding carboxylic acids is 1. The van der Waals surface area contributed by atoms with E-state index >= 15 is 0 Å². The second kappa shape index (κ2) is 6.66. The number of hydrogen-bond acceptors (Lipinski definition) is 4. The number of fused-ring (bicyclic) bond motifs is 1. The Morgan fingerprint density at radius 2 is 1.78 bits per heavy atom. The summed E-state index contributed by atoms with van der Waals surface area (Å²) in [7, 11) is -3.79. The van der Waals surface area contributed by atoms with E-state index in [-0.39, 0.29) is 16.7 Å². The zero-order chi connectivity index (χ0) is 19.0. The van der Waals surface area contributed by atoms with E-state index in [4.69, 9.17) is 0 Å². The molecule has 3 aromatic rings. The van der Waals surface area contributed by atoms with Crippen molar-refractivity contribution in [2.45, 2.75) is 24.7 Å². The third-order valence-electron chi connectivity index (χ3n) is 4.45. The van der Waals surface area contributed by atoms with Crippen LogP contribution in [0.5, 0.6) is 0 Å². The molecule has 0 aliphatic heterocycles. The Morgan fingerprint density at radius 3 is 2.48 bits per heavy atom. The molecule has 0 spiro atoms. The molecule has 1 heterocycles. The maximum Gasteiger partial charge on any atom is 0.264 e. The van der Waals surface area contributed by atoms with Gasteiger partial charge in [-0.1, -0.05) is 12.1 Å². The molecule has 0 bridgehead atoms. The summed E-state index contributed by atoms with van der Waals surface area (Å²) in [4.78, 5) is 16.2. The molecular formula is C20H19N3O3S. The van der Waals surface area contributed by atoms with Crippen LogP contribution in [0.25, 0.3) is 10.9 Å². The molecule has 27 heavy (non-hydrogen) atoms. The standard InChI is InChI=1S/C20H19N3O3S/c1-13-11-15-3-2-4-18(19(15)21-12-13)27(25,26)23-17-9-7-16(8-10-17)22-20(24)14-5-6-14/h2-4,7-12,14,23H,5-6H2,1H3,(H,22,24). The highest BCUT2D eigenvalue weighted by Gasteiger charge is 2.29. The van der Waals surface area contributed by atoms with E-state index in [0.717, 1.165) is 23.8 Å². The number of amides is 1. The minimum absolute atomic E-state index is 0.0143. The van der Waals surface area contributed by atoms with Gasteiger partial charge in [0.25, 0.3) is 10.0 Å². The number of aryl methyl sites for hydroxylation is 1. The fraction of sp³-hybridized carbons (Fsp3) is 0.200. The van der Waals surface area contributed by atoms with E-state index in [1.54, 1.807) is 36.5 Å². The molecule has 7 heteroatoms. The molecule has 1 amide bonds. The molecule has 0 radical (unpaired) electrons. The number of nitrogens with one attached hydrogen (secondary N) is 2. The van der Waals surface area contributed by atoms with Gasteiger partial charge in [0.2, 0.25) is 5.91 Å². The van der Waals surface area contributed by atoms with Crippen LogP contribution in [-0.4, -0.2) is 19.3 Å². The molecule has 0 atom stereocenters. The Kier molecular flexibility index (Phi) is 4.31. The fourth-order valence-electron chi connectivity index (χ4n) is 2.88. The highest BCUT2D eigenvalue weighted by molar-refractivity contribution is 7.93. The maximum absolute atomic E-state index is 12.8. The summed E-state index contributed by atoms with van der Waals surface area (Å²) in [6.07, 6.45) is 3.52. The van der Waals surface area contributed by atoms with Gasteiger partial charge in [-0.3, -0.25) is 14.5 Å². The summed E-state index contributed by atoms with van der Waals surface area (Å²) in [5.41, 5.74) is 2.47. The van der Waals surface area contributed by atoms with Crippen molar-refractivity contribution in [3.8, 4) is 0 Å². The third kappa shape index (κ3) is 3.78. The van der Waals surface area contributed by atoms with Crippen molar-refractivity contribution >= 4 is 38.2 Å². The lowest BCUT2D eigenvalue weighted by atomic mass is 10.2. The van der Waals surface area contributed by atoms with E-state index in [9.17, 15) is 13.2 Å². The first kappa shape index (κ1) is 17.5. The molecule has 6 nitrogen and oxygen atoms in total. The first-order valence-electron chi connectivity index (χ1n) is 8.71. The lowest BCUT2D eigenvalue weighted by Gasteiger charge is -2.11. The van der Waals surface area contributed by atoms with Gasteiger partial charge in [0, 0.05) is 28.9 Å². The number of pyridine rings is 1. The quantitative estimate of drug-likeness (QED) is 0.705. The summed E-state index contributed by atoms with van der Waals surface area (Å²) in [5, 5.41) is 3.60. The number of hydrogen-bond donors (Lipinski definition) is 2. The first-order chi connectivity index (χ1) is 12.9. The SMILES string of the molecule is Cc1cnc2c(S(=O)(=O)Nc3ccc(NC(=O)C4CC4)cc3)cccc2c1. The number of rotatable bonds is 5. The Labute approximate surface area is 157 Å². The van der Waals surface area contributed by atoms with E-state index < -0.39 is 10.0 Å². The van der Waals surface area contributed by atoms with Crippen molar-refractivity contribution in [2.24, 2.45) is 5.92 Å². The molecule has 2 N–H and O–H groups in total. The van der Waals surface area contributed by atoms with Crippen LogP contribution >= 0.6 is 0 Å². The molecule has 1 fully saturated rings. The lowest BCUT2D eigenvalue weighted by molar-refractivity contribution is -0.117. The van der Waals surface area contributed by atoms with E-state index in [0.29, 0.717) is 16.9 Å². The first-order valence-corrected chi connectivity index (χ1v) is 10.2. The van der Waals surface area contributed by atoms with Crippen molar-refractivity contribution in [1.82, 2.24) is 4.98 Å². The van der Waals surface area contributed by atoms with Crippen LogP contribution in [0.4, 0.5) is 11.4 Å². The summed E-state index contributed by atoms with van der Waals surface area (Å²) >= 11 is 0. The van der Waals surface area contributed by atoms with Gasteiger partial charge < -0.3 is 5.32 Å². The third-order valence-corrected chi connectivity index (χ3v) is 5.87. The second-order valence-electron chi connectivity index (χ2n) is 6.79. The normalized spacial score (nSPS) is 14.1. The Bertz CT molecular complexity index is 1120. The van der Waals surface area contributed by atoms with E-state index in [1.807, 2.05) is 19.1 Å². The van der Waals surface area contributed by atoms with E-state index in [2.05, 4.69) is 15.0 Å². The fourth-order valence-corrected chi connectivity index (χ4v) is 4.12. The predicted molar refractivity (Wildman–Crippen MR) is 105 cm³/mol. The van der Waals surface area contributed by atoms with Gasteiger partial charge in [0.1, 0.15) is 4.90 Å². The number of aromatic nitrogens is 1. The average Bonchev–Trinajstić information content (AvgIpc) is 3.47. The molecule has 1 aliphatic carbocycles.